The van der Waals surface area contributed by atoms with Gasteiger partial charge in [0.25, 0.3) is 0 Å². The van der Waals surface area contributed by atoms with Crippen LogP contribution in [0.3, 0.4) is 0 Å². The summed E-state index contributed by atoms with van der Waals surface area (Å²) in [6, 6.07) is 0. The van der Waals surface area contributed by atoms with E-state index in [0.29, 0.717) is 0 Å². The van der Waals surface area contributed by atoms with Gasteiger partial charge < -0.3 is 10.2 Å². The Labute approximate surface area is 70.2 Å². The fourth-order valence-corrected chi connectivity index (χ4v) is 1.34. The molecule has 0 radical (unpaired) electrons. The maximum absolute atomic E-state index is 10.6. The normalized spacial score (nSPS) is 18.7. The first-order valence-corrected chi connectivity index (χ1v) is 4.06. The summed E-state index contributed by atoms with van der Waals surface area (Å²) in [7, 11) is 0. The zero-order valence-electron chi connectivity index (χ0n) is 6.69. The highest BCUT2D eigenvalue weighted by Gasteiger charge is 2.35. The molecule has 4 heteroatoms. The van der Waals surface area contributed by atoms with Gasteiger partial charge in [0.2, 0.25) is 0 Å². The third-order valence-electron chi connectivity index (χ3n) is 2.18. The molecule has 1 saturated carbocycles. The van der Waals surface area contributed by atoms with Gasteiger partial charge in [-0.2, -0.15) is 0 Å². The van der Waals surface area contributed by atoms with Crippen molar-refractivity contribution in [3.05, 3.63) is 0 Å². The van der Waals surface area contributed by atoms with Gasteiger partial charge in [0.1, 0.15) is 0 Å². The minimum Gasteiger partial charge on any atom is -0.481 e. The van der Waals surface area contributed by atoms with Crippen LogP contribution in [0.4, 0.5) is 0 Å². The van der Waals surface area contributed by atoms with Crippen LogP contribution >= 0.6 is 0 Å². The minimum absolute atomic E-state index is 0.0343. The van der Waals surface area contributed by atoms with E-state index in [4.69, 9.17) is 10.2 Å². The van der Waals surface area contributed by atoms with Crippen molar-refractivity contribution in [2.24, 2.45) is 11.8 Å². The van der Waals surface area contributed by atoms with E-state index in [1.807, 2.05) is 0 Å². The Balaban J connectivity index is 2.33. The SMILES string of the molecule is O=C(O)CCC(C(=O)O)C1CC1. The minimum atomic E-state index is -0.915. The van der Waals surface area contributed by atoms with Crippen molar-refractivity contribution in [1.29, 1.82) is 0 Å². The Kier molecular flexibility index (Phi) is 2.68. The molecule has 2 N–H and O–H groups in total. The molecule has 1 fully saturated rings. The van der Waals surface area contributed by atoms with Crippen LogP contribution in [0, 0.1) is 11.8 Å². The molecule has 1 atom stereocenters. The predicted molar refractivity (Wildman–Crippen MR) is 40.7 cm³/mol. The smallest absolute Gasteiger partial charge is 0.306 e. The number of carbonyl (C=O) groups is 2. The van der Waals surface area contributed by atoms with Crippen LogP contribution in [-0.4, -0.2) is 22.2 Å². The highest BCUT2D eigenvalue weighted by atomic mass is 16.4. The van der Waals surface area contributed by atoms with E-state index in [1.54, 1.807) is 0 Å². The molecule has 0 heterocycles. The van der Waals surface area contributed by atoms with Gasteiger partial charge in [0.15, 0.2) is 0 Å². The lowest BCUT2D eigenvalue weighted by Gasteiger charge is -2.07. The van der Waals surface area contributed by atoms with Crippen LogP contribution in [-0.2, 0) is 9.59 Å². The average Bonchev–Trinajstić information content (AvgIpc) is 2.69. The molecule has 1 unspecified atom stereocenters. The van der Waals surface area contributed by atoms with Gasteiger partial charge in [0, 0.05) is 6.42 Å². The molecule has 4 nitrogen and oxygen atoms in total. The first-order valence-electron chi connectivity index (χ1n) is 4.06. The van der Waals surface area contributed by atoms with E-state index in [-0.39, 0.29) is 18.8 Å². The lowest BCUT2D eigenvalue weighted by Crippen LogP contribution is -2.17. The summed E-state index contributed by atoms with van der Waals surface area (Å²) >= 11 is 0. The molecule has 0 saturated heterocycles. The molecular formula is C8H12O4. The molecule has 1 aliphatic rings. The van der Waals surface area contributed by atoms with Crippen molar-refractivity contribution >= 4 is 11.9 Å². The van der Waals surface area contributed by atoms with Gasteiger partial charge in [-0.1, -0.05) is 0 Å². The first-order chi connectivity index (χ1) is 5.61. The van der Waals surface area contributed by atoms with Gasteiger partial charge in [-0.3, -0.25) is 9.59 Å². The summed E-state index contributed by atoms with van der Waals surface area (Å²) in [6.45, 7) is 0. The lowest BCUT2D eigenvalue weighted by atomic mass is 9.98. The standard InChI is InChI=1S/C8H12O4/c9-7(10)4-3-6(8(11)12)5-1-2-5/h5-6H,1-4H2,(H,9,10)(H,11,12). The van der Waals surface area contributed by atoms with Crippen molar-refractivity contribution in [2.45, 2.75) is 25.7 Å². The van der Waals surface area contributed by atoms with Crippen LogP contribution in [0.15, 0.2) is 0 Å². The molecule has 0 amide bonds. The molecule has 0 aliphatic heterocycles. The van der Waals surface area contributed by atoms with E-state index in [0.717, 1.165) is 12.8 Å². The molecule has 12 heavy (non-hydrogen) atoms. The Morgan fingerprint density at radius 2 is 1.92 bits per heavy atom. The van der Waals surface area contributed by atoms with Gasteiger partial charge in [-0.25, -0.2) is 0 Å². The second-order valence-electron chi connectivity index (χ2n) is 3.21. The largest absolute Gasteiger partial charge is 0.481 e. The van der Waals surface area contributed by atoms with Crippen molar-refractivity contribution in [3.63, 3.8) is 0 Å². The average molecular weight is 172 g/mol. The highest BCUT2D eigenvalue weighted by molar-refractivity contribution is 5.72. The fourth-order valence-electron chi connectivity index (χ4n) is 1.34. The Bertz CT molecular complexity index is 195. The number of rotatable bonds is 5. The van der Waals surface area contributed by atoms with Crippen molar-refractivity contribution in [2.75, 3.05) is 0 Å². The number of hydrogen-bond donors (Lipinski definition) is 2. The van der Waals surface area contributed by atoms with Gasteiger partial charge in [0.05, 0.1) is 5.92 Å². The molecule has 0 aromatic heterocycles. The molecule has 0 aromatic rings. The summed E-state index contributed by atoms with van der Waals surface area (Å²) in [6.07, 6.45) is 2.12. The molecule has 0 aromatic carbocycles. The Morgan fingerprint density at radius 3 is 2.25 bits per heavy atom. The molecule has 0 bridgehead atoms. The second-order valence-corrected chi connectivity index (χ2v) is 3.21. The molecule has 1 rings (SSSR count). The first kappa shape index (κ1) is 9.03. The quantitative estimate of drug-likeness (QED) is 0.647. The zero-order valence-corrected chi connectivity index (χ0v) is 6.69. The maximum Gasteiger partial charge on any atom is 0.306 e. The van der Waals surface area contributed by atoms with Crippen LogP contribution in [0.5, 0.6) is 0 Å². The van der Waals surface area contributed by atoms with E-state index in [2.05, 4.69) is 0 Å². The van der Waals surface area contributed by atoms with Crippen molar-refractivity contribution in [3.8, 4) is 0 Å². The van der Waals surface area contributed by atoms with E-state index in [9.17, 15) is 9.59 Å². The van der Waals surface area contributed by atoms with Crippen molar-refractivity contribution < 1.29 is 19.8 Å². The number of aliphatic carboxylic acids is 2. The maximum atomic E-state index is 10.6. The van der Waals surface area contributed by atoms with Crippen LogP contribution < -0.4 is 0 Å². The van der Waals surface area contributed by atoms with Crippen LogP contribution in [0.25, 0.3) is 0 Å². The Morgan fingerprint density at radius 1 is 1.33 bits per heavy atom. The van der Waals surface area contributed by atoms with E-state index < -0.39 is 17.9 Å². The van der Waals surface area contributed by atoms with Crippen LogP contribution in [0.1, 0.15) is 25.7 Å². The summed E-state index contributed by atoms with van der Waals surface area (Å²) < 4.78 is 0. The van der Waals surface area contributed by atoms with E-state index in [1.165, 1.54) is 0 Å². The molecule has 0 spiro atoms. The number of carboxylic acids is 2. The van der Waals surface area contributed by atoms with Gasteiger partial charge in [-0.05, 0) is 25.2 Å². The monoisotopic (exact) mass is 172 g/mol. The Hall–Kier alpha value is -1.06. The van der Waals surface area contributed by atoms with E-state index >= 15 is 0 Å². The third-order valence-corrected chi connectivity index (χ3v) is 2.18. The number of hydrogen-bond acceptors (Lipinski definition) is 2. The van der Waals surface area contributed by atoms with Crippen LogP contribution in [0.2, 0.25) is 0 Å². The predicted octanol–water partition coefficient (Wildman–Crippen LogP) is 0.962. The summed E-state index contributed by atoms with van der Waals surface area (Å²) in [5.74, 6) is -1.96. The fraction of sp³-hybridized carbons (Fsp3) is 0.750. The summed E-state index contributed by atoms with van der Waals surface area (Å²) in [5.41, 5.74) is 0. The summed E-state index contributed by atoms with van der Waals surface area (Å²) in [4.78, 5) is 20.8. The third kappa shape index (κ3) is 2.53. The van der Waals surface area contributed by atoms with Gasteiger partial charge in [-0.15, -0.1) is 0 Å². The highest BCUT2D eigenvalue weighted by Crippen LogP contribution is 2.39. The molecular weight excluding hydrogens is 160 g/mol. The number of carboxylic acid groups (broad SMARTS) is 2. The zero-order chi connectivity index (χ0) is 9.14. The van der Waals surface area contributed by atoms with Gasteiger partial charge >= 0.3 is 11.9 Å². The second kappa shape index (κ2) is 3.56. The molecule has 68 valence electrons. The van der Waals surface area contributed by atoms with Crippen molar-refractivity contribution in [1.82, 2.24) is 0 Å². The topological polar surface area (TPSA) is 74.6 Å². The summed E-state index contributed by atoms with van der Waals surface area (Å²) in [5, 5.41) is 17.1. The molecule has 1 aliphatic carbocycles. The lowest BCUT2D eigenvalue weighted by molar-refractivity contribution is -0.143.